The van der Waals surface area contributed by atoms with Crippen LogP contribution in [0.3, 0.4) is 0 Å². The lowest BCUT2D eigenvalue weighted by molar-refractivity contribution is -0.160. The number of hydrogen-bond acceptors (Lipinski definition) is 10. The molecule has 0 bridgehead atoms. The minimum Gasteiger partial charge on any atom is -0.462 e. The lowest BCUT2D eigenvalue weighted by Crippen LogP contribution is -2.42. The first kappa shape index (κ1) is 37.2. The van der Waals surface area contributed by atoms with E-state index in [-0.39, 0.29) is 61.3 Å². The quantitative estimate of drug-likeness (QED) is 0.108. The predicted molar refractivity (Wildman–Crippen MR) is 164 cm³/mol. The number of carbonyl (C=O) groups is 4. The number of cyclic esters (lactones) is 1. The van der Waals surface area contributed by atoms with Crippen LogP contribution < -0.4 is 0 Å². The van der Waals surface area contributed by atoms with E-state index in [9.17, 15) is 24.3 Å². The molecule has 44 heavy (non-hydrogen) atoms. The number of hydrogen-bond donors (Lipinski definition) is 1. The highest BCUT2D eigenvalue weighted by Gasteiger charge is 2.46. The highest BCUT2D eigenvalue weighted by molar-refractivity contribution is 5.72. The van der Waals surface area contributed by atoms with E-state index < -0.39 is 41.8 Å². The normalized spacial score (nSPS) is 32.7. The van der Waals surface area contributed by atoms with Gasteiger partial charge in [-0.05, 0) is 57.1 Å². The van der Waals surface area contributed by atoms with Gasteiger partial charge in [0.05, 0.1) is 18.6 Å². The summed E-state index contributed by atoms with van der Waals surface area (Å²) in [5, 5.41) is 11.2. The Hall–Kier alpha value is -2.98. The molecule has 2 aliphatic heterocycles. The van der Waals surface area contributed by atoms with Gasteiger partial charge in [0, 0.05) is 32.6 Å². The first-order chi connectivity index (χ1) is 20.5. The maximum atomic E-state index is 13.0. The molecule has 0 radical (unpaired) electrons. The van der Waals surface area contributed by atoms with Gasteiger partial charge in [0.1, 0.15) is 30.0 Å². The molecular formula is C34H52O10. The highest BCUT2D eigenvalue weighted by atomic mass is 16.6. The third kappa shape index (κ3) is 12.2. The molecule has 1 fully saturated rings. The van der Waals surface area contributed by atoms with Gasteiger partial charge in [-0.3, -0.25) is 19.2 Å². The smallest absolute Gasteiger partial charge is 0.310 e. The molecule has 10 heteroatoms. The van der Waals surface area contributed by atoms with Gasteiger partial charge in [-0.2, -0.15) is 0 Å². The molecule has 10 unspecified atom stereocenters. The van der Waals surface area contributed by atoms with Crippen molar-refractivity contribution in [2.75, 3.05) is 0 Å². The Kier molecular flexibility index (Phi) is 14.3. The molecule has 10 atom stereocenters. The van der Waals surface area contributed by atoms with Crippen LogP contribution in [0.5, 0.6) is 0 Å². The summed E-state index contributed by atoms with van der Waals surface area (Å²) in [7, 11) is 0. The van der Waals surface area contributed by atoms with Crippen LogP contribution in [0.4, 0.5) is 0 Å². The Morgan fingerprint density at radius 2 is 1.75 bits per heavy atom. The summed E-state index contributed by atoms with van der Waals surface area (Å²) in [4.78, 5) is 47.9. The third-order valence-electron chi connectivity index (χ3n) is 8.23. The Morgan fingerprint density at radius 3 is 2.34 bits per heavy atom. The second-order valence-electron chi connectivity index (χ2n) is 12.6. The average molecular weight is 621 g/mol. The highest BCUT2D eigenvalue weighted by Crippen LogP contribution is 2.37. The summed E-state index contributed by atoms with van der Waals surface area (Å²) in [6.07, 6.45) is 8.59. The van der Waals surface area contributed by atoms with E-state index in [1.807, 2.05) is 32.9 Å². The number of esters is 4. The number of ether oxygens (including phenoxy) is 5. The fourth-order valence-electron chi connectivity index (χ4n) is 5.69. The summed E-state index contributed by atoms with van der Waals surface area (Å²) >= 11 is 0. The Balaban J connectivity index is 2.17. The van der Waals surface area contributed by atoms with E-state index in [2.05, 4.69) is 19.9 Å². The van der Waals surface area contributed by atoms with Crippen LogP contribution in [0.15, 0.2) is 36.0 Å². The van der Waals surface area contributed by atoms with Crippen molar-refractivity contribution in [2.45, 2.75) is 137 Å². The Morgan fingerprint density at radius 1 is 1.09 bits per heavy atom. The molecule has 2 aliphatic rings. The molecule has 0 aromatic heterocycles. The second kappa shape index (κ2) is 16.9. The minimum atomic E-state index is -1.46. The maximum Gasteiger partial charge on any atom is 0.310 e. The first-order valence-corrected chi connectivity index (χ1v) is 15.7. The summed E-state index contributed by atoms with van der Waals surface area (Å²) in [6, 6.07) is 0. The summed E-state index contributed by atoms with van der Waals surface area (Å²) in [6.45, 7) is 15.4. The molecule has 2 heterocycles. The molecule has 248 valence electrons. The number of aliphatic hydroxyl groups is 1. The van der Waals surface area contributed by atoms with Gasteiger partial charge in [0.15, 0.2) is 0 Å². The molecule has 0 saturated carbocycles. The van der Waals surface area contributed by atoms with Crippen molar-refractivity contribution in [2.24, 2.45) is 17.8 Å². The van der Waals surface area contributed by atoms with E-state index in [4.69, 9.17) is 23.7 Å². The van der Waals surface area contributed by atoms with Crippen molar-refractivity contribution in [1.82, 2.24) is 0 Å². The number of carbonyl (C=O) groups excluding carboxylic acids is 4. The van der Waals surface area contributed by atoms with Crippen LogP contribution in [-0.2, 0) is 42.9 Å². The van der Waals surface area contributed by atoms with Crippen molar-refractivity contribution in [3.8, 4) is 0 Å². The number of epoxide rings is 1. The van der Waals surface area contributed by atoms with Gasteiger partial charge in [0.25, 0.3) is 0 Å². The van der Waals surface area contributed by atoms with Crippen LogP contribution in [0, 0.1) is 17.8 Å². The number of rotatable bonds is 11. The molecule has 0 amide bonds. The zero-order chi connectivity index (χ0) is 33.2. The lowest BCUT2D eigenvalue weighted by atomic mass is 9.88. The van der Waals surface area contributed by atoms with Gasteiger partial charge in [-0.1, -0.05) is 52.0 Å². The van der Waals surface area contributed by atoms with E-state index in [1.165, 1.54) is 20.8 Å². The molecule has 0 aromatic carbocycles. The second-order valence-corrected chi connectivity index (χ2v) is 12.6. The monoisotopic (exact) mass is 620 g/mol. The number of allylic oxidation sites excluding steroid dienone is 3. The maximum absolute atomic E-state index is 13.0. The SMILES string of the molecule is CCC(OC(C)=O)C(C)C1OC1CC(C)/C=C/C=C(\C)C1OC(=O)CC(OC(C)=O)CCC(C)(O)C(OC(C)=O)/C=C/C1C. The fraction of sp³-hybridized carbons (Fsp3) is 0.706. The van der Waals surface area contributed by atoms with Crippen LogP contribution >= 0.6 is 0 Å². The van der Waals surface area contributed by atoms with Gasteiger partial charge in [-0.25, -0.2) is 0 Å². The zero-order valence-electron chi connectivity index (χ0n) is 27.7. The molecule has 0 aromatic rings. The Labute approximate surface area is 262 Å². The van der Waals surface area contributed by atoms with E-state index in [0.29, 0.717) is 0 Å². The van der Waals surface area contributed by atoms with Crippen molar-refractivity contribution < 1.29 is 48.0 Å². The van der Waals surface area contributed by atoms with Crippen LogP contribution in [0.1, 0.15) is 94.4 Å². The lowest BCUT2D eigenvalue weighted by Gasteiger charge is -2.33. The van der Waals surface area contributed by atoms with Gasteiger partial charge in [-0.15, -0.1) is 0 Å². The van der Waals surface area contributed by atoms with Crippen LogP contribution in [0.25, 0.3) is 0 Å². The summed E-state index contributed by atoms with van der Waals surface area (Å²) in [5.74, 6) is -1.89. The summed E-state index contributed by atoms with van der Waals surface area (Å²) in [5.41, 5.74) is -0.667. The molecule has 0 aliphatic carbocycles. The fourth-order valence-corrected chi connectivity index (χ4v) is 5.69. The summed E-state index contributed by atoms with van der Waals surface area (Å²) < 4.78 is 28.0. The van der Waals surface area contributed by atoms with Crippen LogP contribution in [-0.4, -0.2) is 71.2 Å². The van der Waals surface area contributed by atoms with Crippen molar-refractivity contribution in [3.05, 3.63) is 36.0 Å². The minimum absolute atomic E-state index is 0.0584. The molecule has 0 spiro atoms. The predicted octanol–water partition coefficient (Wildman–Crippen LogP) is 5.16. The molecular weight excluding hydrogens is 568 g/mol. The third-order valence-corrected chi connectivity index (χ3v) is 8.23. The molecule has 2 rings (SSSR count). The van der Waals surface area contributed by atoms with E-state index in [1.54, 1.807) is 19.1 Å². The van der Waals surface area contributed by atoms with E-state index >= 15 is 0 Å². The van der Waals surface area contributed by atoms with Gasteiger partial charge < -0.3 is 28.8 Å². The largest absolute Gasteiger partial charge is 0.462 e. The van der Waals surface area contributed by atoms with Crippen LogP contribution in [0.2, 0.25) is 0 Å². The topological polar surface area (TPSA) is 138 Å². The molecule has 1 N–H and O–H groups in total. The first-order valence-electron chi connectivity index (χ1n) is 15.7. The van der Waals surface area contributed by atoms with Crippen molar-refractivity contribution >= 4 is 23.9 Å². The van der Waals surface area contributed by atoms with Crippen molar-refractivity contribution in [3.63, 3.8) is 0 Å². The molecule has 10 nitrogen and oxygen atoms in total. The zero-order valence-corrected chi connectivity index (χ0v) is 27.7. The Bertz CT molecular complexity index is 1090. The average Bonchev–Trinajstić information content (AvgIpc) is 3.68. The van der Waals surface area contributed by atoms with Crippen molar-refractivity contribution in [1.29, 1.82) is 0 Å². The van der Waals surface area contributed by atoms with Gasteiger partial charge >= 0.3 is 23.9 Å². The van der Waals surface area contributed by atoms with E-state index in [0.717, 1.165) is 18.4 Å². The van der Waals surface area contributed by atoms with Gasteiger partial charge in [0.2, 0.25) is 0 Å². The molecule has 1 saturated heterocycles. The standard InChI is InChI=1S/C34H52O10/c1-10-28(41-25(7)36)23(5)33-29(43-33)18-20(2)12-11-13-21(3)32-22(4)14-15-30(42-26(8)37)34(9,39)17-16-27(40-24(6)35)19-31(38)44-32/h11-15,20,22-23,27-30,32-33,39H,10,16-19H2,1-9H3/b12-11+,15-14+,21-13+.